The van der Waals surface area contributed by atoms with Crippen LogP contribution >= 0.6 is 0 Å². The third-order valence-electron chi connectivity index (χ3n) is 4.63. The third kappa shape index (κ3) is 5.22. The summed E-state index contributed by atoms with van der Waals surface area (Å²) in [5, 5.41) is 0. The highest BCUT2D eigenvalue weighted by Crippen LogP contribution is 2.21. The molecular weight excluding hydrogens is 368 g/mol. The van der Waals surface area contributed by atoms with Gasteiger partial charge in [0.1, 0.15) is 0 Å². The van der Waals surface area contributed by atoms with Crippen LogP contribution in [-0.4, -0.2) is 38.4 Å². The minimum atomic E-state index is -0.444. The number of nitrogens with one attached hydrogen (secondary N) is 2. The van der Waals surface area contributed by atoms with Gasteiger partial charge in [-0.25, -0.2) is 0 Å². The minimum Gasteiger partial charge on any atom is -0.378 e. The lowest BCUT2D eigenvalue weighted by molar-refractivity contribution is -0.117. The zero-order chi connectivity index (χ0) is 20.8. The Morgan fingerprint density at radius 3 is 2.48 bits per heavy atom. The van der Waals surface area contributed by atoms with Gasteiger partial charge >= 0.3 is 0 Å². The van der Waals surface area contributed by atoms with Crippen molar-refractivity contribution >= 4 is 35.2 Å². The molecule has 0 saturated carbocycles. The van der Waals surface area contributed by atoms with Crippen LogP contribution in [0, 0.1) is 0 Å². The summed E-state index contributed by atoms with van der Waals surface area (Å²) in [5.41, 5.74) is 7.80. The quantitative estimate of drug-likeness (QED) is 0.605. The van der Waals surface area contributed by atoms with Crippen molar-refractivity contribution in [3.8, 4) is 0 Å². The highest BCUT2D eigenvalue weighted by atomic mass is 16.2. The molecule has 1 fully saturated rings. The van der Waals surface area contributed by atoms with Crippen LogP contribution < -0.4 is 20.7 Å². The first-order valence-corrected chi connectivity index (χ1v) is 9.40. The molecule has 0 atom stereocenters. The van der Waals surface area contributed by atoms with Crippen molar-refractivity contribution < 1.29 is 14.4 Å². The van der Waals surface area contributed by atoms with Gasteiger partial charge in [0.25, 0.3) is 11.8 Å². The number of amides is 3. The number of hydrogen-bond donors (Lipinski definition) is 2. The van der Waals surface area contributed by atoms with Gasteiger partial charge in [-0.2, -0.15) is 0 Å². The van der Waals surface area contributed by atoms with Crippen LogP contribution in [0.15, 0.2) is 54.6 Å². The van der Waals surface area contributed by atoms with E-state index in [2.05, 4.69) is 10.9 Å². The van der Waals surface area contributed by atoms with E-state index in [-0.39, 0.29) is 5.91 Å². The normalized spacial score (nSPS) is 13.6. The number of anilines is 2. The van der Waals surface area contributed by atoms with Crippen LogP contribution in [0.4, 0.5) is 11.4 Å². The van der Waals surface area contributed by atoms with Crippen LogP contribution in [0.3, 0.4) is 0 Å². The molecule has 1 heterocycles. The highest BCUT2D eigenvalue weighted by molar-refractivity contribution is 5.98. The van der Waals surface area contributed by atoms with Gasteiger partial charge in [-0.3, -0.25) is 25.2 Å². The molecule has 3 amide bonds. The number of nitrogens with zero attached hydrogens (tertiary/aromatic N) is 2. The lowest BCUT2D eigenvalue weighted by Gasteiger charge is -2.15. The highest BCUT2D eigenvalue weighted by Gasteiger charge is 2.21. The molecule has 0 bridgehead atoms. The maximum Gasteiger partial charge on any atom is 0.269 e. The molecule has 1 aliphatic rings. The lowest BCUT2D eigenvalue weighted by atomic mass is 10.2. The van der Waals surface area contributed by atoms with Gasteiger partial charge in [-0.05, 0) is 48.4 Å². The molecule has 2 aromatic rings. The molecule has 7 heteroatoms. The maximum atomic E-state index is 12.2. The second-order valence-electron chi connectivity index (χ2n) is 6.96. The van der Waals surface area contributed by atoms with Gasteiger partial charge in [-0.1, -0.05) is 18.2 Å². The first-order valence-electron chi connectivity index (χ1n) is 9.40. The average Bonchev–Trinajstić information content (AvgIpc) is 3.16. The van der Waals surface area contributed by atoms with E-state index in [0.29, 0.717) is 12.0 Å². The van der Waals surface area contributed by atoms with Crippen molar-refractivity contribution in [2.45, 2.75) is 12.8 Å². The Balaban J connectivity index is 1.52. The van der Waals surface area contributed by atoms with Crippen molar-refractivity contribution in [1.29, 1.82) is 0 Å². The van der Waals surface area contributed by atoms with E-state index in [1.165, 1.54) is 6.08 Å². The van der Waals surface area contributed by atoms with Gasteiger partial charge in [-0.15, -0.1) is 0 Å². The molecule has 0 aromatic heterocycles. The van der Waals surface area contributed by atoms with E-state index in [4.69, 9.17) is 0 Å². The number of carbonyl (C=O) groups is 3. The summed E-state index contributed by atoms with van der Waals surface area (Å²) >= 11 is 0. The fourth-order valence-electron chi connectivity index (χ4n) is 3.02. The van der Waals surface area contributed by atoms with Crippen molar-refractivity contribution in [3.63, 3.8) is 0 Å². The van der Waals surface area contributed by atoms with E-state index < -0.39 is 11.8 Å². The Morgan fingerprint density at radius 2 is 1.83 bits per heavy atom. The standard InChI is InChI=1S/C22H24N4O3/c1-25(2)19-6-3-5-17(15-19)22(29)24-23-20(27)13-10-16-8-11-18(12-9-16)26-14-4-7-21(26)28/h3,5-6,8-13,15H,4,7,14H2,1-2H3,(H,23,27)(H,24,29)/b13-10+. The minimum absolute atomic E-state index is 0.138. The van der Waals surface area contributed by atoms with Crippen molar-refractivity contribution in [3.05, 3.63) is 65.7 Å². The zero-order valence-corrected chi connectivity index (χ0v) is 16.5. The molecule has 0 radical (unpaired) electrons. The van der Waals surface area contributed by atoms with Gasteiger partial charge in [0.05, 0.1) is 0 Å². The predicted molar refractivity (Wildman–Crippen MR) is 113 cm³/mol. The second-order valence-corrected chi connectivity index (χ2v) is 6.96. The van der Waals surface area contributed by atoms with Crippen molar-refractivity contribution in [1.82, 2.24) is 10.9 Å². The Morgan fingerprint density at radius 1 is 1.07 bits per heavy atom. The summed E-state index contributed by atoms with van der Waals surface area (Å²) in [6.07, 6.45) is 4.45. The van der Waals surface area contributed by atoms with Crippen molar-refractivity contribution in [2.24, 2.45) is 0 Å². The Bertz CT molecular complexity index is 935. The molecule has 2 N–H and O–H groups in total. The zero-order valence-electron chi connectivity index (χ0n) is 16.5. The fraction of sp³-hybridized carbons (Fsp3) is 0.227. The second kappa shape index (κ2) is 9.05. The van der Waals surface area contributed by atoms with Crippen LogP contribution in [-0.2, 0) is 9.59 Å². The molecular formula is C22H24N4O3. The first-order chi connectivity index (χ1) is 13.9. The molecule has 0 aliphatic carbocycles. The van der Waals surface area contributed by atoms with Crippen LogP contribution in [0.1, 0.15) is 28.8 Å². The fourth-order valence-corrected chi connectivity index (χ4v) is 3.02. The molecule has 0 unspecified atom stereocenters. The van der Waals surface area contributed by atoms with Gasteiger partial charge in [0.2, 0.25) is 5.91 Å². The third-order valence-corrected chi connectivity index (χ3v) is 4.63. The van der Waals surface area contributed by atoms with Crippen LogP contribution in [0.5, 0.6) is 0 Å². The first kappa shape index (κ1) is 20.1. The molecule has 150 valence electrons. The number of hydrazine groups is 1. The van der Waals surface area contributed by atoms with E-state index in [9.17, 15) is 14.4 Å². The van der Waals surface area contributed by atoms with Crippen molar-refractivity contribution in [2.75, 3.05) is 30.4 Å². The summed E-state index contributed by atoms with van der Waals surface area (Å²) in [7, 11) is 3.78. The van der Waals surface area contributed by atoms with E-state index in [1.807, 2.05) is 49.3 Å². The number of hydrogen-bond acceptors (Lipinski definition) is 4. The Hall–Kier alpha value is -3.61. The number of rotatable bonds is 5. The van der Waals surface area contributed by atoms with E-state index in [1.54, 1.807) is 29.2 Å². The number of benzene rings is 2. The van der Waals surface area contributed by atoms with Gasteiger partial charge in [0.15, 0.2) is 0 Å². The van der Waals surface area contributed by atoms with Gasteiger partial charge in [0, 0.05) is 50.1 Å². The molecule has 7 nitrogen and oxygen atoms in total. The maximum absolute atomic E-state index is 12.2. The molecule has 1 saturated heterocycles. The molecule has 29 heavy (non-hydrogen) atoms. The van der Waals surface area contributed by atoms with E-state index in [0.717, 1.165) is 29.9 Å². The topological polar surface area (TPSA) is 81.8 Å². The summed E-state index contributed by atoms with van der Waals surface area (Å²) in [5.74, 6) is -0.699. The largest absolute Gasteiger partial charge is 0.378 e. The summed E-state index contributed by atoms with van der Waals surface area (Å²) < 4.78 is 0. The summed E-state index contributed by atoms with van der Waals surface area (Å²) in [6, 6.07) is 14.5. The van der Waals surface area contributed by atoms with Gasteiger partial charge < -0.3 is 9.80 Å². The molecule has 3 rings (SSSR count). The molecule has 2 aromatic carbocycles. The SMILES string of the molecule is CN(C)c1cccc(C(=O)NNC(=O)/C=C/c2ccc(N3CCCC3=O)cc2)c1. The summed E-state index contributed by atoms with van der Waals surface area (Å²) in [4.78, 5) is 39.6. The van der Waals surface area contributed by atoms with Crippen LogP contribution in [0.25, 0.3) is 6.08 Å². The predicted octanol–water partition coefficient (Wildman–Crippen LogP) is 2.35. The monoisotopic (exact) mass is 392 g/mol. The average molecular weight is 392 g/mol. The smallest absolute Gasteiger partial charge is 0.269 e. The Labute approximate surface area is 170 Å². The van der Waals surface area contributed by atoms with E-state index >= 15 is 0 Å². The molecule has 1 aliphatic heterocycles. The van der Waals surface area contributed by atoms with Crippen LogP contribution in [0.2, 0.25) is 0 Å². The Kier molecular flexibility index (Phi) is 6.29. The lowest BCUT2D eigenvalue weighted by Crippen LogP contribution is -2.40. The summed E-state index contributed by atoms with van der Waals surface area (Å²) in [6.45, 7) is 0.744. The molecule has 0 spiro atoms. The number of carbonyl (C=O) groups excluding carboxylic acids is 3.